The summed E-state index contributed by atoms with van der Waals surface area (Å²) in [4.78, 5) is 34.8. The molecule has 0 aliphatic heterocycles. The number of aromatic nitrogens is 2. The fourth-order valence-electron chi connectivity index (χ4n) is 2.96. The predicted octanol–water partition coefficient (Wildman–Crippen LogP) is 2.27. The summed E-state index contributed by atoms with van der Waals surface area (Å²) in [6.45, 7) is 0. The second-order valence-corrected chi connectivity index (χ2v) is 6.47. The predicted molar refractivity (Wildman–Crippen MR) is 104 cm³/mol. The lowest BCUT2D eigenvalue weighted by atomic mass is 10.0. The van der Waals surface area contributed by atoms with Gasteiger partial charge in [-0.25, -0.2) is 15.0 Å². The highest BCUT2D eigenvalue weighted by Gasteiger charge is 2.12. The zero-order valence-corrected chi connectivity index (χ0v) is 15.4. The Bertz CT molecular complexity index is 1110. The molecule has 29 heavy (non-hydrogen) atoms. The van der Waals surface area contributed by atoms with E-state index in [1.54, 1.807) is 30.3 Å². The van der Waals surface area contributed by atoms with Crippen molar-refractivity contribution in [3.05, 3.63) is 69.9 Å². The van der Waals surface area contributed by atoms with Gasteiger partial charge in [-0.05, 0) is 30.2 Å². The lowest BCUT2D eigenvalue weighted by Crippen LogP contribution is -2.19. The van der Waals surface area contributed by atoms with E-state index < -0.39 is 17.6 Å². The summed E-state index contributed by atoms with van der Waals surface area (Å²) in [6, 6.07) is 11.4. The van der Waals surface area contributed by atoms with Crippen molar-refractivity contribution in [1.29, 1.82) is 0 Å². The van der Waals surface area contributed by atoms with Crippen molar-refractivity contribution >= 4 is 28.3 Å². The van der Waals surface area contributed by atoms with Gasteiger partial charge in [0.05, 0.1) is 16.8 Å². The van der Waals surface area contributed by atoms with Gasteiger partial charge in [0.1, 0.15) is 5.82 Å². The highest BCUT2D eigenvalue weighted by Crippen LogP contribution is 2.21. The van der Waals surface area contributed by atoms with Gasteiger partial charge in [0, 0.05) is 24.6 Å². The van der Waals surface area contributed by atoms with Gasteiger partial charge in [0.2, 0.25) is 11.8 Å². The van der Waals surface area contributed by atoms with E-state index in [1.807, 2.05) is 0 Å². The molecule has 0 unspecified atom stereocenters. The average Bonchev–Trinajstić information content (AvgIpc) is 2.72. The zero-order chi connectivity index (χ0) is 20.8. The molecule has 2 amide bonds. The molecule has 0 saturated carbocycles. The molecule has 0 bridgehead atoms. The van der Waals surface area contributed by atoms with E-state index in [4.69, 9.17) is 5.21 Å². The molecule has 9 heteroatoms. The fourth-order valence-corrected chi connectivity index (χ4v) is 2.96. The lowest BCUT2D eigenvalue weighted by molar-refractivity contribution is -0.129. The van der Waals surface area contributed by atoms with Crippen molar-refractivity contribution in [2.45, 2.75) is 25.7 Å². The molecule has 150 valence electrons. The van der Waals surface area contributed by atoms with Gasteiger partial charge in [0.25, 0.3) is 5.56 Å². The SMILES string of the molecule is O=C(CCCC(=O)Nc1cc(Cc2n[nH]c(=O)c3ccccc23)ccc1F)NO. The van der Waals surface area contributed by atoms with Crippen molar-refractivity contribution in [3.8, 4) is 0 Å². The van der Waals surface area contributed by atoms with Crippen molar-refractivity contribution in [2.24, 2.45) is 0 Å². The van der Waals surface area contributed by atoms with Gasteiger partial charge in [-0.3, -0.25) is 19.6 Å². The summed E-state index contributed by atoms with van der Waals surface area (Å²) >= 11 is 0. The van der Waals surface area contributed by atoms with Crippen LogP contribution in [-0.4, -0.2) is 27.2 Å². The van der Waals surface area contributed by atoms with Crippen LogP contribution < -0.4 is 16.4 Å². The van der Waals surface area contributed by atoms with Crippen LogP contribution in [0, 0.1) is 5.82 Å². The van der Waals surface area contributed by atoms with Crippen molar-refractivity contribution in [3.63, 3.8) is 0 Å². The second kappa shape index (κ2) is 9.07. The van der Waals surface area contributed by atoms with Crippen molar-refractivity contribution in [1.82, 2.24) is 15.7 Å². The molecule has 0 aliphatic rings. The maximum absolute atomic E-state index is 14.1. The Morgan fingerprint density at radius 2 is 1.79 bits per heavy atom. The minimum atomic E-state index is -0.591. The molecule has 2 aromatic carbocycles. The van der Waals surface area contributed by atoms with Crippen molar-refractivity contribution < 1.29 is 19.2 Å². The summed E-state index contributed by atoms with van der Waals surface area (Å²) in [6.07, 6.45) is 0.532. The molecule has 1 aromatic heterocycles. The first-order chi connectivity index (χ1) is 14.0. The number of anilines is 1. The molecule has 0 spiro atoms. The molecule has 0 saturated heterocycles. The monoisotopic (exact) mass is 398 g/mol. The minimum absolute atomic E-state index is 0.00318. The summed E-state index contributed by atoms with van der Waals surface area (Å²) in [5, 5.41) is 18.7. The van der Waals surface area contributed by atoms with E-state index in [9.17, 15) is 18.8 Å². The van der Waals surface area contributed by atoms with Crippen LogP contribution in [0.5, 0.6) is 0 Å². The Kier molecular flexibility index (Phi) is 6.30. The zero-order valence-electron chi connectivity index (χ0n) is 15.4. The van der Waals surface area contributed by atoms with E-state index in [0.29, 0.717) is 28.5 Å². The smallest absolute Gasteiger partial charge is 0.272 e. The average molecular weight is 398 g/mol. The Labute approximate surface area is 164 Å². The molecule has 0 aliphatic carbocycles. The quantitative estimate of drug-likeness (QED) is 0.359. The molecule has 4 N–H and O–H groups in total. The highest BCUT2D eigenvalue weighted by molar-refractivity contribution is 5.91. The summed E-state index contributed by atoms with van der Waals surface area (Å²) < 4.78 is 14.1. The molecule has 3 aromatic rings. The first kappa shape index (κ1) is 20.2. The molecule has 3 rings (SSSR count). The third kappa shape index (κ3) is 5.02. The van der Waals surface area contributed by atoms with Crippen LogP contribution in [0.25, 0.3) is 10.8 Å². The van der Waals surface area contributed by atoms with E-state index in [1.165, 1.54) is 17.6 Å². The standard InChI is InChI=1S/C20H19FN4O4/c21-15-9-8-12(11-17(15)22-18(26)6-3-7-19(27)25-29)10-16-13-4-1-2-5-14(13)20(28)24-23-16/h1-2,4-5,8-9,11,29H,3,6-7,10H2,(H,22,26)(H,24,28)(H,25,27). The number of halogens is 1. The summed E-state index contributed by atoms with van der Waals surface area (Å²) in [5.41, 5.74) is 2.55. The maximum atomic E-state index is 14.1. The fraction of sp³-hybridized carbons (Fsp3) is 0.200. The minimum Gasteiger partial charge on any atom is -0.324 e. The van der Waals surface area contributed by atoms with E-state index >= 15 is 0 Å². The van der Waals surface area contributed by atoms with Crippen molar-refractivity contribution in [2.75, 3.05) is 5.32 Å². The van der Waals surface area contributed by atoms with Crippen LogP contribution in [-0.2, 0) is 16.0 Å². The molecule has 0 radical (unpaired) electrons. The molecular weight excluding hydrogens is 379 g/mol. The first-order valence-electron chi connectivity index (χ1n) is 8.95. The maximum Gasteiger partial charge on any atom is 0.272 e. The first-order valence-corrected chi connectivity index (χ1v) is 8.95. The van der Waals surface area contributed by atoms with Gasteiger partial charge in [-0.2, -0.15) is 5.10 Å². The van der Waals surface area contributed by atoms with Gasteiger partial charge in [0.15, 0.2) is 0 Å². The number of hydrogen-bond donors (Lipinski definition) is 4. The van der Waals surface area contributed by atoms with Crippen LogP contribution in [0.15, 0.2) is 47.3 Å². The number of hydrogen-bond acceptors (Lipinski definition) is 5. The van der Waals surface area contributed by atoms with Gasteiger partial charge in [-0.1, -0.05) is 24.3 Å². The number of rotatable bonds is 7. The summed E-state index contributed by atoms with van der Waals surface area (Å²) in [5.74, 6) is -1.62. The number of benzene rings is 2. The molecular formula is C20H19FN4O4. The number of aromatic amines is 1. The topological polar surface area (TPSA) is 124 Å². The Balaban J connectivity index is 1.74. The Hall–Kier alpha value is -3.59. The van der Waals surface area contributed by atoms with Gasteiger partial charge >= 0.3 is 0 Å². The van der Waals surface area contributed by atoms with Crippen LogP contribution in [0.3, 0.4) is 0 Å². The van der Waals surface area contributed by atoms with E-state index in [0.717, 1.165) is 0 Å². The van der Waals surface area contributed by atoms with Gasteiger partial charge in [-0.15, -0.1) is 0 Å². The number of carbonyl (C=O) groups is 2. The second-order valence-electron chi connectivity index (χ2n) is 6.47. The van der Waals surface area contributed by atoms with Crippen LogP contribution in [0.1, 0.15) is 30.5 Å². The summed E-state index contributed by atoms with van der Waals surface area (Å²) in [7, 11) is 0. The molecule has 0 fully saturated rings. The van der Waals surface area contributed by atoms with Crippen LogP contribution in [0.4, 0.5) is 10.1 Å². The molecule has 1 heterocycles. The van der Waals surface area contributed by atoms with E-state index in [2.05, 4.69) is 15.5 Å². The largest absolute Gasteiger partial charge is 0.324 e. The van der Waals surface area contributed by atoms with Crippen LogP contribution >= 0.6 is 0 Å². The number of amides is 2. The highest BCUT2D eigenvalue weighted by atomic mass is 19.1. The third-order valence-electron chi connectivity index (χ3n) is 4.38. The Morgan fingerprint density at radius 1 is 1.07 bits per heavy atom. The molecule has 8 nitrogen and oxygen atoms in total. The number of H-pyrrole nitrogens is 1. The lowest BCUT2D eigenvalue weighted by Gasteiger charge is -2.10. The number of nitrogens with one attached hydrogen (secondary N) is 3. The normalized spacial score (nSPS) is 10.7. The number of hydroxylamine groups is 1. The Morgan fingerprint density at radius 3 is 2.55 bits per heavy atom. The van der Waals surface area contributed by atoms with E-state index in [-0.39, 0.29) is 30.5 Å². The number of fused-ring (bicyclic) bond motifs is 1. The van der Waals surface area contributed by atoms with Crippen LogP contribution in [0.2, 0.25) is 0 Å². The number of carbonyl (C=O) groups excluding carboxylic acids is 2. The molecule has 0 atom stereocenters. The van der Waals surface area contributed by atoms with Gasteiger partial charge < -0.3 is 5.32 Å². The number of nitrogens with zero attached hydrogens (tertiary/aromatic N) is 1. The third-order valence-corrected chi connectivity index (χ3v) is 4.38.